The van der Waals surface area contributed by atoms with Gasteiger partial charge in [-0.3, -0.25) is 9.59 Å². The first kappa shape index (κ1) is 19.8. The Bertz CT molecular complexity index is 1020. The molecule has 0 bridgehead atoms. The van der Waals surface area contributed by atoms with Crippen LogP contribution in [0.3, 0.4) is 0 Å². The Labute approximate surface area is 167 Å². The predicted molar refractivity (Wildman–Crippen MR) is 105 cm³/mol. The average molecular weight is 391 g/mol. The van der Waals surface area contributed by atoms with E-state index in [2.05, 4.69) is 16.4 Å². The molecular weight excluding hydrogens is 373 g/mol. The van der Waals surface area contributed by atoms with Crippen molar-refractivity contribution in [3.8, 4) is 23.7 Å². The molecule has 2 aromatic carbocycles. The highest BCUT2D eigenvalue weighted by molar-refractivity contribution is 5.95. The summed E-state index contributed by atoms with van der Waals surface area (Å²) in [6, 6.07) is 16.5. The Balaban J connectivity index is 1.59. The van der Waals surface area contributed by atoms with Gasteiger partial charge in [-0.15, -0.1) is 6.42 Å². The summed E-state index contributed by atoms with van der Waals surface area (Å²) in [6.45, 7) is 0.0186. The number of halogens is 1. The van der Waals surface area contributed by atoms with Crippen LogP contribution in [-0.4, -0.2) is 35.0 Å². The van der Waals surface area contributed by atoms with Crippen molar-refractivity contribution in [3.05, 3.63) is 77.7 Å². The Morgan fingerprint density at radius 2 is 1.86 bits per heavy atom. The van der Waals surface area contributed by atoms with Crippen LogP contribution in [0.15, 0.2) is 65.2 Å². The minimum Gasteiger partial charge on any atom is -0.355 e. The van der Waals surface area contributed by atoms with Gasteiger partial charge in [0, 0.05) is 18.2 Å². The molecule has 0 radical (unpaired) electrons. The molecule has 0 aliphatic carbocycles. The smallest absolute Gasteiger partial charge is 0.273 e. The summed E-state index contributed by atoms with van der Waals surface area (Å²) < 4.78 is 18.2. The lowest BCUT2D eigenvalue weighted by molar-refractivity contribution is -0.130. The number of nitrogens with one attached hydrogen (secondary N) is 1. The van der Waals surface area contributed by atoms with E-state index in [-0.39, 0.29) is 37.1 Å². The number of carbonyl (C=O) groups excluding carboxylic acids is 2. The molecule has 0 spiro atoms. The van der Waals surface area contributed by atoms with Crippen LogP contribution in [0.1, 0.15) is 16.1 Å². The molecule has 6 nitrogen and oxygen atoms in total. The summed E-state index contributed by atoms with van der Waals surface area (Å²) in [5, 5.41) is 6.26. The maximum atomic E-state index is 13.0. The Kier molecular flexibility index (Phi) is 6.38. The van der Waals surface area contributed by atoms with E-state index in [1.165, 1.54) is 23.1 Å². The molecule has 146 valence electrons. The van der Waals surface area contributed by atoms with Crippen LogP contribution in [0.2, 0.25) is 0 Å². The number of hydrogen-bond donors (Lipinski definition) is 1. The second kappa shape index (κ2) is 9.33. The monoisotopic (exact) mass is 391 g/mol. The second-order valence-corrected chi connectivity index (χ2v) is 6.21. The molecule has 29 heavy (non-hydrogen) atoms. The topological polar surface area (TPSA) is 75.4 Å². The number of terminal acetylenes is 1. The molecule has 0 saturated heterocycles. The number of amides is 2. The van der Waals surface area contributed by atoms with Crippen molar-refractivity contribution in [3.63, 3.8) is 0 Å². The van der Waals surface area contributed by atoms with E-state index in [4.69, 9.17) is 10.9 Å². The maximum Gasteiger partial charge on any atom is 0.273 e. The van der Waals surface area contributed by atoms with Gasteiger partial charge in [-0.1, -0.05) is 53.5 Å². The number of rotatable bonds is 7. The zero-order chi connectivity index (χ0) is 20.6. The zero-order valence-electron chi connectivity index (χ0n) is 15.5. The van der Waals surface area contributed by atoms with Crippen molar-refractivity contribution in [2.75, 3.05) is 13.1 Å². The van der Waals surface area contributed by atoms with E-state index in [1.807, 2.05) is 30.3 Å². The molecule has 3 rings (SSSR count). The van der Waals surface area contributed by atoms with E-state index in [9.17, 15) is 14.0 Å². The number of nitrogens with zero attached hydrogens (tertiary/aromatic N) is 2. The highest BCUT2D eigenvalue weighted by Crippen LogP contribution is 2.19. The Morgan fingerprint density at radius 1 is 1.14 bits per heavy atom. The lowest BCUT2D eigenvalue weighted by Gasteiger charge is -2.20. The van der Waals surface area contributed by atoms with Crippen molar-refractivity contribution >= 4 is 11.8 Å². The summed E-state index contributed by atoms with van der Waals surface area (Å²) in [5.41, 5.74) is 1.58. The molecule has 0 unspecified atom stereocenters. The third kappa shape index (κ3) is 5.30. The fraction of sp³-hybridized carbons (Fsp3) is 0.136. The predicted octanol–water partition coefficient (Wildman–Crippen LogP) is 2.87. The summed E-state index contributed by atoms with van der Waals surface area (Å²) in [6.07, 6.45) is 5.34. The first-order chi connectivity index (χ1) is 14.1. The first-order valence-electron chi connectivity index (χ1n) is 8.83. The van der Waals surface area contributed by atoms with E-state index in [0.29, 0.717) is 5.76 Å². The van der Waals surface area contributed by atoms with E-state index in [1.54, 1.807) is 12.1 Å². The van der Waals surface area contributed by atoms with E-state index in [0.717, 1.165) is 11.1 Å². The molecule has 1 aromatic heterocycles. The lowest BCUT2D eigenvalue weighted by atomic mass is 10.1. The van der Waals surface area contributed by atoms with Gasteiger partial charge < -0.3 is 14.7 Å². The SMILES string of the molecule is C#CCN(Cc1ccc(F)cc1)C(=O)CNC(=O)c1cc(-c2ccccc2)on1. The molecule has 1 N–H and O–H groups in total. The van der Waals surface area contributed by atoms with Gasteiger partial charge in [0.1, 0.15) is 5.82 Å². The molecule has 3 aromatic rings. The zero-order valence-corrected chi connectivity index (χ0v) is 15.5. The maximum absolute atomic E-state index is 13.0. The number of carbonyl (C=O) groups is 2. The second-order valence-electron chi connectivity index (χ2n) is 6.21. The fourth-order valence-electron chi connectivity index (χ4n) is 2.63. The van der Waals surface area contributed by atoms with Gasteiger partial charge >= 0.3 is 0 Å². The Hall–Kier alpha value is -3.92. The van der Waals surface area contributed by atoms with E-state index >= 15 is 0 Å². The van der Waals surface area contributed by atoms with Gasteiger partial charge in [-0.05, 0) is 17.7 Å². The van der Waals surface area contributed by atoms with Crippen LogP contribution >= 0.6 is 0 Å². The van der Waals surface area contributed by atoms with Crippen LogP contribution in [0.4, 0.5) is 4.39 Å². The molecule has 0 aliphatic heterocycles. The highest BCUT2D eigenvalue weighted by atomic mass is 19.1. The molecule has 2 amide bonds. The van der Waals surface area contributed by atoms with Crippen molar-refractivity contribution in [2.24, 2.45) is 0 Å². The van der Waals surface area contributed by atoms with Crippen LogP contribution in [0, 0.1) is 18.2 Å². The standard InChI is InChI=1S/C22H18FN3O3/c1-2-12-26(15-16-8-10-18(23)11-9-16)21(27)14-24-22(28)19-13-20(29-25-19)17-6-4-3-5-7-17/h1,3-11,13H,12,14-15H2,(H,24,28). The van der Waals surface area contributed by atoms with Crippen molar-refractivity contribution < 1.29 is 18.5 Å². The molecule has 0 saturated carbocycles. The summed E-state index contributed by atoms with van der Waals surface area (Å²) >= 11 is 0. The number of benzene rings is 2. The first-order valence-corrected chi connectivity index (χ1v) is 8.83. The summed E-state index contributed by atoms with van der Waals surface area (Å²) in [4.78, 5) is 26.1. The van der Waals surface area contributed by atoms with Crippen LogP contribution in [0.25, 0.3) is 11.3 Å². The molecule has 1 heterocycles. The van der Waals surface area contributed by atoms with Crippen molar-refractivity contribution in [2.45, 2.75) is 6.54 Å². The third-order valence-electron chi connectivity index (χ3n) is 4.12. The van der Waals surface area contributed by atoms with Crippen molar-refractivity contribution in [1.29, 1.82) is 0 Å². The minimum absolute atomic E-state index is 0.0637. The van der Waals surface area contributed by atoms with Crippen LogP contribution in [0.5, 0.6) is 0 Å². The van der Waals surface area contributed by atoms with Gasteiger partial charge in [-0.2, -0.15) is 0 Å². The normalized spacial score (nSPS) is 10.2. The number of hydrogen-bond acceptors (Lipinski definition) is 4. The quantitative estimate of drug-likeness (QED) is 0.629. The average Bonchev–Trinajstić information content (AvgIpc) is 3.24. The fourth-order valence-corrected chi connectivity index (χ4v) is 2.63. The Morgan fingerprint density at radius 3 is 2.55 bits per heavy atom. The molecule has 0 aliphatic rings. The van der Waals surface area contributed by atoms with Crippen LogP contribution in [-0.2, 0) is 11.3 Å². The van der Waals surface area contributed by atoms with Gasteiger partial charge in [0.05, 0.1) is 13.1 Å². The third-order valence-corrected chi connectivity index (χ3v) is 4.12. The van der Waals surface area contributed by atoms with Gasteiger partial charge in [-0.25, -0.2) is 4.39 Å². The van der Waals surface area contributed by atoms with Gasteiger partial charge in [0.15, 0.2) is 11.5 Å². The lowest BCUT2D eigenvalue weighted by Crippen LogP contribution is -2.40. The summed E-state index contributed by atoms with van der Waals surface area (Å²) in [7, 11) is 0. The van der Waals surface area contributed by atoms with Crippen molar-refractivity contribution in [1.82, 2.24) is 15.4 Å². The van der Waals surface area contributed by atoms with Crippen LogP contribution < -0.4 is 5.32 Å². The molecular formula is C22H18FN3O3. The highest BCUT2D eigenvalue weighted by Gasteiger charge is 2.17. The van der Waals surface area contributed by atoms with Gasteiger partial charge in [0.2, 0.25) is 5.91 Å². The summed E-state index contributed by atoms with van der Waals surface area (Å²) in [5.74, 6) is 1.60. The molecule has 0 atom stereocenters. The van der Waals surface area contributed by atoms with E-state index < -0.39 is 5.91 Å². The largest absolute Gasteiger partial charge is 0.355 e. The molecule has 0 fully saturated rings. The minimum atomic E-state index is -0.535. The van der Waals surface area contributed by atoms with Gasteiger partial charge in [0.25, 0.3) is 5.91 Å². The number of aromatic nitrogens is 1. The molecule has 7 heteroatoms.